The van der Waals surface area contributed by atoms with Crippen molar-refractivity contribution in [3.05, 3.63) is 52.3 Å². The van der Waals surface area contributed by atoms with Gasteiger partial charge in [0.1, 0.15) is 0 Å². The van der Waals surface area contributed by atoms with E-state index in [2.05, 4.69) is 9.97 Å². The molecule has 0 radical (unpaired) electrons. The molecule has 0 atom stereocenters. The number of rotatable bonds is 4. The summed E-state index contributed by atoms with van der Waals surface area (Å²) in [6.07, 6.45) is 2.66. The predicted octanol–water partition coefficient (Wildman–Crippen LogP) is 2.23. The molecule has 2 aromatic rings. The Morgan fingerprint density at radius 3 is 2.65 bits per heavy atom. The van der Waals surface area contributed by atoms with Crippen LogP contribution >= 0.6 is 0 Å². The summed E-state index contributed by atoms with van der Waals surface area (Å²) >= 11 is 0. The number of nitro benzene ring substituents is 1. The first-order valence-corrected chi connectivity index (χ1v) is 5.86. The summed E-state index contributed by atoms with van der Waals surface area (Å²) in [5.41, 5.74) is 0.705. The SMILES string of the molecule is CCOC(=O)c1cnc(-c2cccc([N+](=O)[O-])c2)nc1. The fraction of sp³-hybridized carbons (Fsp3) is 0.154. The minimum absolute atomic E-state index is 0.0411. The van der Waals surface area contributed by atoms with Gasteiger partial charge in [-0.1, -0.05) is 12.1 Å². The first kappa shape index (κ1) is 13.6. The predicted molar refractivity (Wildman–Crippen MR) is 70.1 cm³/mol. The normalized spacial score (nSPS) is 10.1. The molecule has 20 heavy (non-hydrogen) atoms. The molecule has 7 heteroatoms. The van der Waals surface area contributed by atoms with Crippen LogP contribution in [-0.4, -0.2) is 27.5 Å². The van der Waals surface area contributed by atoms with E-state index in [4.69, 9.17) is 4.74 Å². The summed E-state index contributed by atoms with van der Waals surface area (Å²) in [5.74, 6) is -0.195. The van der Waals surface area contributed by atoms with Crippen LogP contribution in [0.25, 0.3) is 11.4 Å². The van der Waals surface area contributed by atoms with Gasteiger partial charge < -0.3 is 4.74 Å². The van der Waals surface area contributed by atoms with Gasteiger partial charge in [-0.25, -0.2) is 14.8 Å². The van der Waals surface area contributed by atoms with Gasteiger partial charge in [-0.05, 0) is 6.92 Å². The van der Waals surface area contributed by atoms with Crippen molar-refractivity contribution < 1.29 is 14.5 Å². The number of hydrogen-bond acceptors (Lipinski definition) is 6. The lowest BCUT2D eigenvalue weighted by atomic mass is 10.2. The summed E-state index contributed by atoms with van der Waals surface area (Å²) < 4.78 is 4.82. The van der Waals surface area contributed by atoms with Crippen molar-refractivity contribution in [1.29, 1.82) is 0 Å². The number of ether oxygens (including phenoxy) is 1. The van der Waals surface area contributed by atoms with Crippen LogP contribution in [0.1, 0.15) is 17.3 Å². The van der Waals surface area contributed by atoms with Gasteiger partial charge in [0, 0.05) is 30.1 Å². The third-order valence-electron chi connectivity index (χ3n) is 2.48. The van der Waals surface area contributed by atoms with Gasteiger partial charge >= 0.3 is 5.97 Å². The molecule has 0 aliphatic rings. The van der Waals surface area contributed by atoms with Crippen LogP contribution in [0.2, 0.25) is 0 Å². The Hall–Kier alpha value is -2.83. The maximum atomic E-state index is 11.4. The molecule has 0 aliphatic carbocycles. The molecule has 1 aromatic carbocycles. The van der Waals surface area contributed by atoms with Crippen LogP contribution in [0.15, 0.2) is 36.7 Å². The van der Waals surface area contributed by atoms with Gasteiger partial charge in [-0.3, -0.25) is 10.1 Å². The number of nitro groups is 1. The van der Waals surface area contributed by atoms with Crippen molar-refractivity contribution in [3.8, 4) is 11.4 Å². The quantitative estimate of drug-likeness (QED) is 0.481. The number of non-ortho nitro benzene ring substituents is 1. The van der Waals surface area contributed by atoms with Crippen LogP contribution in [0.3, 0.4) is 0 Å². The van der Waals surface area contributed by atoms with Crippen molar-refractivity contribution in [2.24, 2.45) is 0 Å². The minimum Gasteiger partial charge on any atom is -0.462 e. The van der Waals surface area contributed by atoms with Crippen molar-refractivity contribution in [2.75, 3.05) is 6.61 Å². The number of hydrogen-bond donors (Lipinski definition) is 0. The second-order valence-electron chi connectivity index (χ2n) is 3.82. The highest BCUT2D eigenvalue weighted by Gasteiger charge is 2.11. The first-order valence-electron chi connectivity index (χ1n) is 5.86. The van der Waals surface area contributed by atoms with Gasteiger partial charge in [-0.2, -0.15) is 0 Å². The Balaban J connectivity index is 2.28. The van der Waals surface area contributed by atoms with Gasteiger partial charge in [0.2, 0.25) is 0 Å². The molecule has 0 N–H and O–H groups in total. The van der Waals surface area contributed by atoms with Gasteiger partial charge in [-0.15, -0.1) is 0 Å². The fourth-order valence-electron chi connectivity index (χ4n) is 1.56. The maximum Gasteiger partial charge on any atom is 0.341 e. The summed E-state index contributed by atoms with van der Waals surface area (Å²) in [6.45, 7) is 1.97. The van der Waals surface area contributed by atoms with Crippen LogP contribution in [0.5, 0.6) is 0 Å². The zero-order chi connectivity index (χ0) is 14.5. The van der Waals surface area contributed by atoms with Crippen molar-refractivity contribution in [1.82, 2.24) is 9.97 Å². The molecule has 2 rings (SSSR count). The molecule has 0 fully saturated rings. The van der Waals surface area contributed by atoms with Gasteiger partial charge in [0.25, 0.3) is 5.69 Å². The maximum absolute atomic E-state index is 11.4. The molecule has 0 saturated carbocycles. The van der Waals surface area contributed by atoms with E-state index in [1.54, 1.807) is 19.1 Å². The molecule has 1 heterocycles. The minimum atomic E-state index is -0.502. The number of esters is 1. The topological polar surface area (TPSA) is 95.2 Å². The first-order chi connectivity index (χ1) is 9.61. The summed E-state index contributed by atoms with van der Waals surface area (Å²) in [6, 6.07) is 5.97. The summed E-state index contributed by atoms with van der Waals surface area (Å²) in [7, 11) is 0. The second-order valence-corrected chi connectivity index (χ2v) is 3.82. The third-order valence-corrected chi connectivity index (χ3v) is 2.48. The molecule has 7 nitrogen and oxygen atoms in total. The number of carbonyl (C=O) groups excluding carboxylic acids is 1. The molecule has 0 aliphatic heterocycles. The number of nitrogens with zero attached hydrogens (tertiary/aromatic N) is 3. The van der Waals surface area contributed by atoms with Gasteiger partial charge in [0.15, 0.2) is 5.82 Å². The summed E-state index contributed by atoms with van der Waals surface area (Å²) in [5, 5.41) is 10.7. The zero-order valence-electron chi connectivity index (χ0n) is 10.6. The Morgan fingerprint density at radius 2 is 2.05 bits per heavy atom. The highest BCUT2D eigenvalue weighted by atomic mass is 16.6. The largest absolute Gasteiger partial charge is 0.462 e. The van der Waals surface area contributed by atoms with E-state index in [9.17, 15) is 14.9 Å². The van der Waals surface area contributed by atoms with Crippen molar-refractivity contribution in [2.45, 2.75) is 6.92 Å². The van der Waals surface area contributed by atoms with Crippen LogP contribution in [0, 0.1) is 10.1 Å². The average Bonchev–Trinajstić information content (AvgIpc) is 2.48. The molecule has 0 bridgehead atoms. The molecule has 0 amide bonds. The Morgan fingerprint density at radius 1 is 1.35 bits per heavy atom. The third kappa shape index (κ3) is 2.94. The highest BCUT2D eigenvalue weighted by molar-refractivity contribution is 5.88. The van der Waals surface area contributed by atoms with E-state index in [0.29, 0.717) is 11.4 Å². The number of benzene rings is 1. The lowest BCUT2D eigenvalue weighted by molar-refractivity contribution is -0.384. The zero-order valence-corrected chi connectivity index (χ0v) is 10.6. The standard InChI is InChI=1S/C13H11N3O4/c1-2-20-13(17)10-7-14-12(15-8-10)9-4-3-5-11(6-9)16(18)19/h3-8H,2H2,1H3. The number of aromatic nitrogens is 2. The van der Waals surface area contributed by atoms with Crippen LogP contribution < -0.4 is 0 Å². The summed E-state index contributed by atoms with van der Waals surface area (Å²) in [4.78, 5) is 29.7. The Labute approximate surface area is 114 Å². The number of carbonyl (C=O) groups is 1. The van der Waals surface area contributed by atoms with E-state index >= 15 is 0 Å². The molecular weight excluding hydrogens is 262 g/mol. The fourth-order valence-corrected chi connectivity index (χ4v) is 1.56. The van der Waals surface area contributed by atoms with E-state index < -0.39 is 10.9 Å². The van der Waals surface area contributed by atoms with Crippen LogP contribution in [0.4, 0.5) is 5.69 Å². The molecule has 0 unspecified atom stereocenters. The van der Waals surface area contributed by atoms with E-state index in [1.807, 2.05) is 0 Å². The van der Waals surface area contributed by atoms with Gasteiger partial charge in [0.05, 0.1) is 17.1 Å². The molecule has 0 saturated heterocycles. The lowest BCUT2D eigenvalue weighted by Gasteiger charge is -2.02. The average molecular weight is 273 g/mol. The van der Waals surface area contributed by atoms with Crippen LogP contribution in [-0.2, 0) is 4.74 Å². The Bertz CT molecular complexity index is 640. The van der Waals surface area contributed by atoms with E-state index in [1.165, 1.54) is 24.5 Å². The second kappa shape index (κ2) is 5.87. The van der Waals surface area contributed by atoms with E-state index in [0.717, 1.165) is 0 Å². The monoisotopic (exact) mass is 273 g/mol. The van der Waals surface area contributed by atoms with E-state index in [-0.39, 0.29) is 17.9 Å². The van der Waals surface area contributed by atoms with Crippen molar-refractivity contribution in [3.63, 3.8) is 0 Å². The molecule has 1 aromatic heterocycles. The lowest BCUT2D eigenvalue weighted by Crippen LogP contribution is -2.06. The van der Waals surface area contributed by atoms with Crippen molar-refractivity contribution >= 4 is 11.7 Å². The molecule has 0 spiro atoms. The smallest absolute Gasteiger partial charge is 0.341 e. The molecular formula is C13H11N3O4. The molecule has 102 valence electrons. The highest BCUT2D eigenvalue weighted by Crippen LogP contribution is 2.20. The Kier molecular flexibility index (Phi) is 3.99.